The molecule has 0 amide bonds. The van der Waals surface area contributed by atoms with Crippen molar-refractivity contribution in [2.75, 3.05) is 39.3 Å². The van der Waals surface area contributed by atoms with E-state index in [1.165, 1.54) is 5.56 Å². The molecule has 0 bridgehead atoms. The lowest BCUT2D eigenvalue weighted by Gasteiger charge is -2.36. The SMILES string of the molecule is Fc1ccc(C2NNCC2CN2CCN(Cc3ccccc3)CC2)cc1. The van der Waals surface area contributed by atoms with E-state index in [2.05, 4.69) is 51.0 Å². The summed E-state index contributed by atoms with van der Waals surface area (Å²) in [4.78, 5) is 5.10. The molecule has 2 saturated heterocycles. The Morgan fingerprint density at radius 1 is 0.885 bits per heavy atom. The number of hydrazine groups is 1. The van der Waals surface area contributed by atoms with Crippen molar-refractivity contribution in [1.29, 1.82) is 0 Å². The Morgan fingerprint density at radius 3 is 2.31 bits per heavy atom. The molecule has 2 unspecified atom stereocenters. The van der Waals surface area contributed by atoms with Gasteiger partial charge in [-0.1, -0.05) is 42.5 Å². The van der Waals surface area contributed by atoms with Gasteiger partial charge in [-0.2, -0.15) is 0 Å². The zero-order valence-corrected chi connectivity index (χ0v) is 15.1. The first-order valence-electron chi connectivity index (χ1n) is 9.50. The number of piperazine rings is 1. The van der Waals surface area contributed by atoms with Crippen LogP contribution in [0, 0.1) is 11.7 Å². The number of benzene rings is 2. The normalized spacial score (nSPS) is 24.8. The molecule has 2 aliphatic rings. The van der Waals surface area contributed by atoms with Gasteiger partial charge in [0, 0.05) is 51.7 Å². The largest absolute Gasteiger partial charge is 0.300 e. The van der Waals surface area contributed by atoms with Gasteiger partial charge in [0.1, 0.15) is 5.82 Å². The third kappa shape index (κ3) is 4.30. The molecule has 5 heteroatoms. The Morgan fingerprint density at radius 2 is 1.58 bits per heavy atom. The third-order valence-corrected chi connectivity index (χ3v) is 5.53. The van der Waals surface area contributed by atoms with Crippen LogP contribution in [-0.2, 0) is 6.54 Å². The van der Waals surface area contributed by atoms with Crippen molar-refractivity contribution in [2.24, 2.45) is 5.92 Å². The smallest absolute Gasteiger partial charge is 0.123 e. The van der Waals surface area contributed by atoms with Crippen molar-refractivity contribution in [2.45, 2.75) is 12.6 Å². The predicted molar refractivity (Wildman–Crippen MR) is 102 cm³/mol. The second-order valence-corrected chi connectivity index (χ2v) is 7.38. The van der Waals surface area contributed by atoms with Gasteiger partial charge in [-0.25, -0.2) is 9.82 Å². The average molecular weight is 354 g/mol. The van der Waals surface area contributed by atoms with E-state index in [1.807, 2.05) is 12.1 Å². The number of hydrogen-bond acceptors (Lipinski definition) is 4. The zero-order chi connectivity index (χ0) is 17.8. The van der Waals surface area contributed by atoms with E-state index in [0.29, 0.717) is 5.92 Å². The number of nitrogens with zero attached hydrogens (tertiary/aromatic N) is 2. The third-order valence-electron chi connectivity index (χ3n) is 5.53. The monoisotopic (exact) mass is 354 g/mol. The van der Waals surface area contributed by atoms with Crippen LogP contribution in [0.2, 0.25) is 0 Å². The number of nitrogens with one attached hydrogen (secondary N) is 2. The molecule has 26 heavy (non-hydrogen) atoms. The molecular formula is C21H27FN4. The second-order valence-electron chi connectivity index (χ2n) is 7.38. The van der Waals surface area contributed by atoms with Crippen LogP contribution >= 0.6 is 0 Å². The van der Waals surface area contributed by atoms with Gasteiger partial charge in [0.2, 0.25) is 0 Å². The topological polar surface area (TPSA) is 30.5 Å². The van der Waals surface area contributed by atoms with Crippen LogP contribution in [0.5, 0.6) is 0 Å². The van der Waals surface area contributed by atoms with E-state index in [4.69, 9.17) is 0 Å². The fourth-order valence-corrected chi connectivity index (χ4v) is 4.03. The van der Waals surface area contributed by atoms with Crippen LogP contribution < -0.4 is 10.9 Å². The van der Waals surface area contributed by atoms with Gasteiger partial charge in [0.15, 0.2) is 0 Å². The lowest BCUT2D eigenvalue weighted by atomic mass is 9.94. The highest BCUT2D eigenvalue weighted by Gasteiger charge is 2.30. The Bertz CT molecular complexity index is 683. The van der Waals surface area contributed by atoms with Crippen LogP contribution in [0.25, 0.3) is 0 Å². The molecule has 2 heterocycles. The molecular weight excluding hydrogens is 327 g/mol. The van der Waals surface area contributed by atoms with Gasteiger partial charge in [-0.15, -0.1) is 0 Å². The summed E-state index contributed by atoms with van der Waals surface area (Å²) in [5.41, 5.74) is 9.20. The van der Waals surface area contributed by atoms with Crippen LogP contribution in [0.1, 0.15) is 17.2 Å². The maximum absolute atomic E-state index is 13.2. The highest BCUT2D eigenvalue weighted by atomic mass is 19.1. The molecule has 0 spiro atoms. The Kier molecular flexibility index (Phi) is 5.60. The highest BCUT2D eigenvalue weighted by molar-refractivity contribution is 5.21. The van der Waals surface area contributed by atoms with Crippen LogP contribution in [0.3, 0.4) is 0 Å². The summed E-state index contributed by atoms with van der Waals surface area (Å²) >= 11 is 0. The van der Waals surface area contributed by atoms with Gasteiger partial charge in [-0.05, 0) is 23.3 Å². The lowest BCUT2D eigenvalue weighted by Crippen LogP contribution is -2.48. The summed E-state index contributed by atoms with van der Waals surface area (Å²) in [6.07, 6.45) is 0. The molecule has 2 N–H and O–H groups in total. The summed E-state index contributed by atoms with van der Waals surface area (Å²) in [5.74, 6) is 0.326. The van der Waals surface area contributed by atoms with E-state index in [-0.39, 0.29) is 11.9 Å². The summed E-state index contributed by atoms with van der Waals surface area (Å²) in [6, 6.07) is 17.8. The van der Waals surface area contributed by atoms with E-state index >= 15 is 0 Å². The Labute approximate surface area is 155 Å². The predicted octanol–water partition coefficient (Wildman–Crippen LogP) is 2.41. The minimum atomic E-state index is -0.175. The fourth-order valence-electron chi connectivity index (χ4n) is 4.03. The summed E-state index contributed by atoms with van der Waals surface area (Å²) < 4.78 is 13.2. The summed E-state index contributed by atoms with van der Waals surface area (Å²) in [6.45, 7) is 7.51. The number of halogens is 1. The molecule has 2 aromatic carbocycles. The molecule has 2 fully saturated rings. The summed E-state index contributed by atoms with van der Waals surface area (Å²) in [5, 5.41) is 0. The van der Waals surface area contributed by atoms with Crippen molar-refractivity contribution in [3.8, 4) is 0 Å². The van der Waals surface area contributed by atoms with Crippen molar-refractivity contribution in [3.63, 3.8) is 0 Å². The molecule has 2 atom stereocenters. The maximum atomic E-state index is 13.2. The van der Waals surface area contributed by atoms with Gasteiger partial charge in [0.05, 0.1) is 6.04 Å². The first kappa shape index (κ1) is 17.6. The molecule has 0 aromatic heterocycles. The number of rotatable bonds is 5. The van der Waals surface area contributed by atoms with Crippen molar-refractivity contribution < 1.29 is 4.39 Å². The van der Waals surface area contributed by atoms with Gasteiger partial charge in [-0.3, -0.25) is 10.3 Å². The molecule has 0 radical (unpaired) electrons. The molecule has 2 aliphatic heterocycles. The molecule has 138 valence electrons. The van der Waals surface area contributed by atoms with Crippen molar-refractivity contribution >= 4 is 0 Å². The quantitative estimate of drug-likeness (QED) is 0.863. The van der Waals surface area contributed by atoms with Crippen molar-refractivity contribution in [1.82, 2.24) is 20.7 Å². The number of hydrogen-bond donors (Lipinski definition) is 2. The standard InChI is InChI=1S/C21H27FN4/c22-20-8-6-18(7-9-20)21-19(14-23-24-21)16-26-12-10-25(11-13-26)15-17-4-2-1-3-5-17/h1-9,19,21,23-24H,10-16H2. The van der Waals surface area contributed by atoms with E-state index in [1.54, 1.807) is 12.1 Å². The first-order valence-corrected chi connectivity index (χ1v) is 9.50. The Balaban J connectivity index is 1.29. The molecule has 0 saturated carbocycles. The van der Waals surface area contributed by atoms with E-state index in [0.717, 1.165) is 51.4 Å². The minimum Gasteiger partial charge on any atom is -0.300 e. The average Bonchev–Trinajstić information content (AvgIpc) is 3.13. The van der Waals surface area contributed by atoms with E-state index < -0.39 is 0 Å². The van der Waals surface area contributed by atoms with Gasteiger partial charge in [0.25, 0.3) is 0 Å². The highest BCUT2D eigenvalue weighted by Crippen LogP contribution is 2.26. The maximum Gasteiger partial charge on any atom is 0.123 e. The second kappa shape index (κ2) is 8.27. The van der Waals surface area contributed by atoms with Crippen molar-refractivity contribution in [3.05, 3.63) is 71.5 Å². The van der Waals surface area contributed by atoms with Crippen LogP contribution in [-0.4, -0.2) is 49.1 Å². The minimum absolute atomic E-state index is 0.175. The van der Waals surface area contributed by atoms with Gasteiger partial charge >= 0.3 is 0 Å². The first-order chi connectivity index (χ1) is 12.8. The van der Waals surface area contributed by atoms with Gasteiger partial charge < -0.3 is 4.90 Å². The molecule has 4 rings (SSSR count). The molecule has 0 aliphatic carbocycles. The lowest BCUT2D eigenvalue weighted by molar-refractivity contribution is 0.112. The zero-order valence-electron chi connectivity index (χ0n) is 15.1. The van der Waals surface area contributed by atoms with Crippen LogP contribution in [0.15, 0.2) is 54.6 Å². The summed E-state index contributed by atoms with van der Waals surface area (Å²) in [7, 11) is 0. The molecule has 4 nitrogen and oxygen atoms in total. The fraction of sp³-hybridized carbons (Fsp3) is 0.429. The molecule has 2 aromatic rings. The Hall–Kier alpha value is -1.79. The van der Waals surface area contributed by atoms with Crippen LogP contribution in [0.4, 0.5) is 4.39 Å². The van der Waals surface area contributed by atoms with E-state index in [9.17, 15) is 4.39 Å².